The molecule has 19 heavy (non-hydrogen) atoms. The molecule has 4 rings (SSSR count). The summed E-state index contributed by atoms with van der Waals surface area (Å²) < 4.78 is 5.00. The number of rotatable bonds is 1. The van der Waals surface area contributed by atoms with E-state index < -0.39 is 0 Å². The molecule has 4 aromatic rings. The van der Waals surface area contributed by atoms with Crippen LogP contribution < -0.4 is 0 Å². The maximum Gasteiger partial charge on any atom is 0.223 e. The van der Waals surface area contributed by atoms with Gasteiger partial charge in [0.25, 0.3) is 0 Å². The van der Waals surface area contributed by atoms with Gasteiger partial charge in [0, 0.05) is 35.0 Å². The highest BCUT2D eigenvalue weighted by molar-refractivity contribution is 6.06. The number of H-pyrrole nitrogens is 1. The van der Waals surface area contributed by atoms with E-state index in [9.17, 15) is 0 Å². The first-order valence-corrected chi connectivity index (χ1v) is 5.83. The van der Waals surface area contributed by atoms with E-state index >= 15 is 0 Å². The van der Waals surface area contributed by atoms with Gasteiger partial charge in [-0.2, -0.15) is 4.98 Å². The Morgan fingerprint density at radius 1 is 1.21 bits per heavy atom. The Morgan fingerprint density at radius 2 is 2.16 bits per heavy atom. The van der Waals surface area contributed by atoms with Crippen LogP contribution in [0.3, 0.4) is 0 Å². The van der Waals surface area contributed by atoms with E-state index in [1.54, 1.807) is 13.1 Å². The number of aryl methyl sites for hydroxylation is 1. The Balaban J connectivity index is 1.99. The van der Waals surface area contributed by atoms with E-state index in [-0.39, 0.29) is 0 Å². The normalized spacial score (nSPS) is 11.4. The van der Waals surface area contributed by atoms with Crippen LogP contribution in [0, 0.1) is 6.92 Å². The fourth-order valence-electron chi connectivity index (χ4n) is 2.19. The third-order valence-electron chi connectivity index (χ3n) is 3.06. The molecule has 0 aliphatic carbocycles. The number of hydrogen-bond donors (Lipinski definition) is 1. The topological polar surface area (TPSA) is 80.5 Å². The fraction of sp³-hybridized carbons (Fsp3) is 0.0769. The van der Waals surface area contributed by atoms with Crippen LogP contribution in [-0.4, -0.2) is 25.1 Å². The third-order valence-corrected chi connectivity index (χ3v) is 3.06. The quantitative estimate of drug-likeness (QED) is 0.562. The molecule has 1 aromatic carbocycles. The van der Waals surface area contributed by atoms with Crippen LogP contribution in [0.2, 0.25) is 0 Å². The molecule has 3 heterocycles. The number of fused-ring (bicyclic) bond motifs is 3. The average Bonchev–Trinajstić information content (AvgIpc) is 3.01. The van der Waals surface area contributed by atoms with E-state index in [1.165, 1.54) is 6.33 Å². The minimum absolute atomic E-state index is 0.553. The molecule has 0 saturated carbocycles. The minimum Gasteiger partial charge on any atom is -0.339 e. The zero-order chi connectivity index (χ0) is 12.8. The van der Waals surface area contributed by atoms with Crippen LogP contribution in [0.25, 0.3) is 33.3 Å². The monoisotopic (exact) mass is 251 g/mol. The molecule has 1 N–H and O–H groups in total. The van der Waals surface area contributed by atoms with Gasteiger partial charge in [-0.15, -0.1) is 0 Å². The SMILES string of the molecule is Cc1nc(-c2ccc3c(c2)[nH]c2ncncc23)no1. The number of hydrogen-bond acceptors (Lipinski definition) is 5. The predicted molar refractivity (Wildman–Crippen MR) is 69.4 cm³/mol. The maximum atomic E-state index is 5.00. The second-order valence-corrected chi connectivity index (χ2v) is 4.31. The Morgan fingerprint density at radius 3 is 3.00 bits per heavy atom. The first kappa shape index (κ1) is 10.2. The molecule has 0 radical (unpaired) electrons. The lowest BCUT2D eigenvalue weighted by molar-refractivity contribution is 0.394. The van der Waals surface area contributed by atoms with Gasteiger partial charge in [0.1, 0.15) is 12.0 Å². The standard InChI is InChI=1S/C13H9N5O/c1-7-16-12(18-19-7)8-2-3-9-10-5-14-6-15-13(10)17-11(9)4-8/h2-6H,1H3,(H,14,15,17). The largest absolute Gasteiger partial charge is 0.339 e. The van der Waals surface area contributed by atoms with Crippen LogP contribution >= 0.6 is 0 Å². The Kier molecular flexibility index (Phi) is 1.94. The molecule has 0 fully saturated rings. The van der Waals surface area contributed by atoms with Crippen molar-refractivity contribution in [3.63, 3.8) is 0 Å². The molecule has 0 atom stereocenters. The summed E-state index contributed by atoms with van der Waals surface area (Å²) in [6, 6.07) is 5.97. The Bertz CT molecular complexity index is 892. The van der Waals surface area contributed by atoms with Gasteiger partial charge in [-0.25, -0.2) is 9.97 Å². The van der Waals surface area contributed by atoms with Crippen LogP contribution in [-0.2, 0) is 0 Å². The van der Waals surface area contributed by atoms with Crippen molar-refractivity contribution >= 4 is 21.9 Å². The molecule has 0 aliphatic rings. The van der Waals surface area contributed by atoms with Crippen molar-refractivity contribution in [1.82, 2.24) is 25.1 Å². The molecule has 0 unspecified atom stereocenters. The summed E-state index contributed by atoms with van der Waals surface area (Å²) in [5, 5.41) is 6.01. The lowest BCUT2D eigenvalue weighted by Gasteiger charge is -1.94. The van der Waals surface area contributed by atoms with Gasteiger partial charge in [0.15, 0.2) is 0 Å². The van der Waals surface area contributed by atoms with Crippen molar-refractivity contribution in [3.8, 4) is 11.4 Å². The first-order chi connectivity index (χ1) is 9.31. The summed E-state index contributed by atoms with van der Waals surface area (Å²) in [5.41, 5.74) is 2.71. The van der Waals surface area contributed by atoms with Crippen molar-refractivity contribution in [3.05, 3.63) is 36.6 Å². The lowest BCUT2D eigenvalue weighted by Crippen LogP contribution is -1.80. The van der Waals surface area contributed by atoms with E-state index in [0.29, 0.717) is 11.7 Å². The molecule has 0 amide bonds. The maximum absolute atomic E-state index is 5.00. The lowest BCUT2D eigenvalue weighted by atomic mass is 10.1. The predicted octanol–water partition coefficient (Wildman–Crippen LogP) is 2.47. The van der Waals surface area contributed by atoms with Crippen molar-refractivity contribution < 1.29 is 4.52 Å². The summed E-state index contributed by atoms with van der Waals surface area (Å²) in [6.07, 6.45) is 3.33. The van der Waals surface area contributed by atoms with E-state index in [2.05, 4.69) is 25.1 Å². The molecule has 92 valence electrons. The van der Waals surface area contributed by atoms with Crippen molar-refractivity contribution in [1.29, 1.82) is 0 Å². The summed E-state index contributed by atoms with van der Waals surface area (Å²) >= 11 is 0. The van der Waals surface area contributed by atoms with Crippen LogP contribution in [0.4, 0.5) is 0 Å². The molecular weight excluding hydrogens is 242 g/mol. The highest BCUT2D eigenvalue weighted by Gasteiger charge is 2.09. The second-order valence-electron chi connectivity index (χ2n) is 4.31. The Labute approximate surface area is 107 Å². The van der Waals surface area contributed by atoms with Crippen molar-refractivity contribution in [2.75, 3.05) is 0 Å². The van der Waals surface area contributed by atoms with Gasteiger partial charge < -0.3 is 9.51 Å². The molecule has 3 aromatic heterocycles. The number of aromatic nitrogens is 5. The molecule has 0 saturated heterocycles. The molecule has 0 bridgehead atoms. The summed E-state index contributed by atoms with van der Waals surface area (Å²) in [5.74, 6) is 1.14. The number of nitrogens with zero attached hydrogens (tertiary/aromatic N) is 4. The molecule has 6 heteroatoms. The summed E-state index contributed by atoms with van der Waals surface area (Å²) in [4.78, 5) is 15.7. The van der Waals surface area contributed by atoms with Gasteiger partial charge in [0.2, 0.25) is 11.7 Å². The zero-order valence-electron chi connectivity index (χ0n) is 10.1. The number of aromatic amines is 1. The highest BCUT2D eigenvalue weighted by Crippen LogP contribution is 2.27. The third kappa shape index (κ3) is 1.50. The Hall–Kier alpha value is -2.76. The van der Waals surface area contributed by atoms with Gasteiger partial charge >= 0.3 is 0 Å². The molecule has 0 spiro atoms. The van der Waals surface area contributed by atoms with Gasteiger partial charge in [-0.05, 0) is 6.07 Å². The minimum atomic E-state index is 0.553. The highest BCUT2D eigenvalue weighted by atomic mass is 16.5. The van der Waals surface area contributed by atoms with Gasteiger partial charge in [-0.3, -0.25) is 0 Å². The van der Waals surface area contributed by atoms with Gasteiger partial charge in [-0.1, -0.05) is 17.3 Å². The molecule has 6 nitrogen and oxygen atoms in total. The number of nitrogens with one attached hydrogen (secondary N) is 1. The summed E-state index contributed by atoms with van der Waals surface area (Å²) in [7, 11) is 0. The van der Waals surface area contributed by atoms with E-state index in [0.717, 1.165) is 27.5 Å². The van der Waals surface area contributed by atoms with Crippen LogP contribution in [0.1, 0.15) is 5.89 Å². The van der Waals surface area contributed by atoms with Crippen LogP contribution in [0.5, 0.6) is 0 Å². The fourth-order valence-corrected chi connectivity index (χ4v) is 2.19. The van der Waals surface area contributed by atoms with E-state index in [1.807, 2.05) is 18.2 Å². The van der Waals surface area contributed by atoms with Gasteiger partial charge in [0.05, 0.1) is 0 Å². The molecule has 0 aliphatic heterocycles. The first-order valence-electron chi connectivity index (χ1n) is 5.83. The summed E-state index contributed by atoms with van der Waals surface area (Å²) in [6.45, 7) is 1.77. The zero-order valence-corrected chi connectivity index (χ0v) is 10.1. The van der Waals surface area contributed by atoms with Crippen LogP contribution in [0.15, 0.2) is 35.2 Å². The average molecular weight is 251 g/mol. The molecular formula is C13H9N5O. The second kappa shape index (κ2) is 3.61. The number of benzene rings is 1. The van der Waals surface area contributed by atoms with E-state index in [4.69, 9.17) is 4.52 Å². The van der Waals surface area contributed by atoms with Crippen molar-refractivity contribution in [2.45, 2.75) is 6.92 Å². The van der Waals surface area contributed by atoms with Crippen molar-refractivity contribution in [2.24, 2.45) is 0 Å². The smallest absolute Gasteiger partial charge is 0.223 e.